The molecule has 0 aromatic heterocycles. The molecule has 0 aliphatic rings. The largest absolute Gasteiger partial charge is 0.391 e. The molecule has 7 heteroatoms. The van der Waals surface area contributed by atoms with Crippen molar-refractivity contribution in [1.29, 1.82) is 0 Å². The van der Waals surface area contributed by atoms with Crippen molar-refractivity contribution < 1.29 is 22.9 Å². The maximum atomic E-state index is 12.6. The molecule has 0 aromatic rings. The van der Waals surface area contributed by atoms with E-state index in [9.17, 15) is 22.9 Å². The highest BCUT2D eigenvalue weighted by atomic mass is 32.2. The van der Waals surface area contributed by atoms with E-state index in [-0.39, 0.29) is 5.91 Å². The number of rotatable bonds is 42. The van der Waals surface area contributed by atoms with Crippen molar-refractivity contribution in [3.63, 3.8) is 0 Å². The molecule has 0 rings (SSSR count). The van der Waals surface area contributed by atoms with Crippen molar-refractivity contribution in [3.8, 4) is 0 Å². The van der Waals surface area contributed by atoms with E-state index < -0.39 is 28.0 Å². The predicted octanol–water partition coefficient (Wildman–Crippen LogP) is 13.6. The summed E-state index contributed by atoms with van der Waals surface area (Å²) in [7, 11) is -4.30. The highest BCUT2D eigenvalue weighted by Crippen LogP contribution is 2.17. The van der Waals surface area contributed by atoms with Crippen molar-refractivity contribution >= 4 is 16.0 Å². The number of carbonyl (C=O) groups is 1. The smallest absolute Gasteiger partial charge is 0.266 e. The van der Waals surface area contributed by atoms with Gasteiger partial charge in [-0.05, 0) is 12.8 Å². The van der Waals surface area contributed by atoms with Gasteiger partial charge in [-0.15, -0.1) is 0 Å². The summed E-state index contributed by atoms with van der Waals surface area (Å²) in [4.78, 5) is 12.6. The van der Waals surface area contributed by atoms with Crippen molar-refractivity contribution in [2.45, 2.75) is 270 Å². The van der Waals surface area contributed by atoms with Crippen LogP contribution in [0.5, 0.6) is 0 Å². The lowest BCUT2D eigenvalue weighted by Crippen LogP contribution is -2.47. The maximum Gasteiger partial charge on any atom is 0.266 e. The molecule has 0 saturated carbocycles. The Bertz CT molecular complexity index is 820. The average molecular weight is 744 g/mol. The molecule has 1 amide bonds. The first-order valence-corrected chi connectivity index (χ1v) is 24.3. The third-order valence-corrected chi connectivity index (χ3v) is 11.6. The standard InChI is InChI=1S/C44H89NO5S/c1-3-5-7-9-11-13-15-17-19-20-21-22-23-24-25-26-28-30-32-34-36-38-40-44(47)45-42(41-51(48,49)50)43(46)39-37-35-33-31-29-27-18-16-14-12-10-8-6-4-2/h42-43,46H,3-41H2,1-2H3,(H,45,47)(H,48,49,50). The van der Waals surface area contributed by atoms with Gasteiger partial charge in [0.05, 0.1) is 17.9 Å². The van der Waals surface area contributed by atoms with Gasteiger partial charge in [0.1, 0.15) is 0 Å². The topological polar surface area (TPSA) is 104 Å². The third-order valence-electron chi connectivity index (χ3n) is 10.8. The highest BCUT2D eigenvalue weighted by molar-refractivity contribution is 7.85. The van der Waals surface area contributed by atoms with Crippen LogP contribution in [-0.2, 0) is 14.9 Å². The van der Waals surface area contributed by atoms with E-state index in [1.54, 1.807) is 0 Å². The van der Waals surface area contributed by atoms with Gasteiger partial charge in [0, 0.05) is 6.42 Å². The van der Waals surface area contributed by atoms with E-state index in [2.05, 4.69) is 19.2 Å². The zero-order valence-corrected chi connectivity index (χ0v) is 35.1. The van der Waals surface area contributed by atoms with Gasteiger partial charge in [0.25, 0.3) is 10.1 Å². The number of nitrogens with one attached hydrogen (secondary N) is 1. The molecule has 0 radical (unpaired) electrons. The molecule has 0 aliphatic heterocycles. The zero-order chi connectivity index (χ0) is 37.5. The molecule has 0 heterocycles. The van der Waals surface area contributed by atoms with E-state index in [0.29, 0.717) is 12.8 Å². The second kappa shape index (κ2) is 39.0. The number of carbonyl (C=O) groups excluding carboxylic acids is 1. The van der Waals surface area contributed by atoms with Crippen LogP contribution < -0.4 is 5.32 Å². The van der Waals surface area contributed by atoms with Gasteiger partial charge in [-0.25, -0.2) is 0 Å². The van der Waals surface area contributed by atoms with Crippen molar-refractivity contribution in [3.05, 3.63) is 0 Å². The molecule has 0 fully saturated rings. The second-order valence-corrected chi connectivity index (χ2v) is 17.5. The Balaban J connectivity index is 3.73. The monoisotopic (exact) mass is 744 g/mol. The lowest BCUT2D eigenvalue weighted by molar-refractivity contribution is -0.122. The van der Waals surface area contributed by atoms with Crippen LogP contribution in [0, 0.1) is 0 Å². The van der Waals surface area contributed by atoms with Gasteiger partial charge in [-0.2, -0.15) is 8.42 Å². The quantitative estimate of drug-likeness (QED) is 0.0426. The van der Waals surface area contributed by atoms with Crippen LogP contribution in [0.1, 0.15) is 258 Å². The first-order valence-electron chi connectivity index (χ1n) is 22.7. The molecule has 0 saturated heterocycles. The lowest BCUT2D eigenvalue weighted by Gasteiger charge is -2.23. The number of hydrogen-bond donors (Lipinski definition) is 3. The molecule has 0 aliphatic carbocycles. The maximum absolute atomic E-state index is 12.6. The minimum atomic E-state index is -4.30. The zero-order valence-electron chi connectivity index (χ0n) is 34.3. The Morgan fingerprint density at radius 1 is 0.451 bits per heavy atom. The van der Waals surface area contributed by atoms with E-state index >= 15 is 0 Å². The van der Waals surface area contributed by atoms with Gasteiger partial charge in [-0.3, -0.25) is 9.35 Å². The van der Waals surface area contributed by atoms with Crippen LogP contribution in [0.15, 0.2) is 0 Å². The number of amides is 1. The van der Waals surface area contributed by atoms with Crippen LogP contribution in [0.3, 0.4) is 0 Å². The number of hydrogen-bond acceptors (Lipinski definition) is 4. The molecule has 6 nitrogen and oxygen atoms in total. The summed E-state index contributed by atoms with van der Waals surface area (Å²) < 4.78 is 32.6. The van der Waals surface area contributed by atoms with E-state index in [1.807, 2.05) is 0 Å². The SMILES string of the molecule is CCCCCCCCCCCCCCCCCCCCCCCCC(=O)NC(CS(=O)(=O)O)C(O)CCCCCCCCCCCCCCCC. The normalized spacial score (nSPS) is 13.1. The summed E-state index contributed by atoms with van der Waals surface area (Å²) in [5.74, 6) is -0.880. The first kappa shape index (κ1) is 50.3. The van der Waals surface area contributed by atoms with Crippen molar-refractivity contribution in [1.82, 2.24) is 5.32 Å². The summed E-state index contributed by atoms with van der Waals surface area (Å²) >= 11 is 0. The molecule has 2 atom stereocenters. The molecular formula is C44H89NO5S. The minimum Gasteiger partial charge on any atom is -0.391 e. The van der Waals surface area contributed by atoms with Gasteiger partial charge in [0.15, 0.2) is 0 Å². The third kappa shape index (κ3) is 40.4. The molecule has 0 spiro atoms. The fourth-order valence-corrected chi connectivity index (χ4v) is 8.16. The molecule has 306 valence electrons. The Kier molecular flexibility index (Phi) is 38.5. The first-order chi connectivity index (χ1) is 24.8. The summed E-state index contributed by atoms with van der Waals surface area (Å²) in [5.41, 5.74) is 0. The van der Waals surface area contributed by atoms with Crippen molar-refractivity contribution in [2.24, 2.45) is 0 Å². The number of aliphatic hydroxyl groups excluding tert-OH is 1. The summed E-state index contributed by atoms with van der Waals surface area (Å²) in [6.07, 6.45) is 46.3. The molecule has 3 N–H and O–H groups in total. The van der Waals surface area contributed by atoms with Gasteiger partial charge in [0.2, 0.25) is 5.91 Å². The predicted molar refractivity (Wildman–Crippen MR) is 221 cm³/mol. The van der Waals surface area contributed by atoms with Crippen LogP contribution in [0.25, 0.3) is 0 Å². The average Bonchev–Trinajstić information content (AvgIpc) is 3.09. The van der Waals surface area contributed by atoms with E-state index in [0.717, 1.165) is 38.5 Å². The molecule has 51 heavy (non-hydrogen) atoms. The minimum absolute atomic E-state index is 0.239. The summed E-state index contributed by atoms with van der Waals surface area (Å²) in [6.45, 7) is 4.54. The van der Waals surface area contributed by atoms with Gasteiger partial charge in [-0.1, -0.05) is 239 Å². The summed E-state index contributed by atoms with van der Waals surface area (Å²) in [6, 6.07) is -0.964. The fourth-order valence-electron chi connectivity index (χ4n) is 7.40. The number of unbranched alkanes of at least 4 members (excludes halogenated alkanes) is 34. The lowest BCUT2D eigenvalue weighted by atomic mass is 10.0. The Morgan fingerprint density at radius 2 is 0.706 bits per heavy atom. The number of aliphatic hydroxyl groups is 1. The highest BCUT2D eigenvalue weighted by Gasteiger charge is 2.26. The molecule has 2 unspecified atom stereocenters. The van der Waals surface area contributed by atoms with Crippen LogP contribution >= 0.6 is 0 Å². The fraction of sp³-hybridized carbons (Fsp3) is 0.977. The van der Waals surface area contributed by atoms with Crippen LogP contribution in [0.4, 0.5) is 0 Å². The molecule has 0 aromatic carbocycles. The van der Waals surface area contributed by atoms with E-state index in [4.69, 9.17) is 0 Å². The summed E-state index contributed by atoms with van der Waals surface area (Å²) in [5, 5.41) is 13.4. The Morgan fingerprint density at radius 3 is 0.980 bits per heavy atom. The second-order valence-electron chi connectivity index (χ2n) is 16.0. The van der Waals surface area contributed by atoms with Crippen LogP contribution in [-0.4, -0.2) is 41.9 Å². The Hall–Kier alpha value is -0.660. The van der Waals surface area contributed by atoms with Gasteiger partial charge >= 0.3 is 0 Å². The van der Waals surface area contributed by atoms with Crippen molar-refractivity contribution in [2.75, 3.05) is 5.75 Å². The molecular weight excluding hydrogens is 655 g/mol. The van der Waals surface area contributed by atoms with Gasteiger partial charge < -0.3 is 10.4 Å². The molecule has 0 bridgehead atoms. The Labute approximate surface area is 319 Å². The van der Waals surface area contributed by atoms with E-state index in [1.165, 1.54) is 193 Å². The van der Waals surface area contributed by atoms with Crippen LogP contribution in [0.2, 0.25) is 0 Å².